The van der Waals surface area contributed by atoms with E-state index in [1.54, 1.807) is 0 Å². The lowest BCUT2D eigenvalue weighted by Crippen LogP contribution is -2.47. The number of halogens is 6. The number of thiazole rings is 1. The van der Waals surface area contributed by atoms with Crippen LogP contribution in [0.4, 0.5) is 32.0 Å². The SMILES string of the molecule is COc1cc(OC(F)(F)F)cc(N(C(=O)c2csc(C#C[Si](C(C)C)(C(C)C)C(C)C)n2)[C@@H]2CCN(CC(F)(F)F)C2=O)c1. The molecule has 1 fully saturated rings. The fourth-order valence-corrected chi connectivity index (χ4v) is 11.9. The number of benzene rings is 1. The molecule has 1 aromatic heterocycles. The lowest BCUT2D eigenvalue weighted by atomic mass is 10.1. The van der Waals surface area contributed by atoms with Crippen molar-refractivity contribution in [1.29, 1.82) is 0 Å². The molecule has 2 heterocycles. The molecular weight excluding hydrogens is 628 g/mol. The topological polar surface area (TPSA) is 72.0 Å². The molecule has 0 bridgehead atoms. The van der Waals surface area contributed by atoms with Crippen LogP contribution in [0.5, 0.6) is 11.5 Å². The minimum atomic E-state index is -5.09. The Morgan fingerprint density at radius 2 is 1.66 bits per heavy atom. The zero-order valence-electron chi connectivity index (χ0n) is 25.4. The number of carbonyl (C=O) groups is 2. The van der Waals surface area contributed by atoms with Crippen LogP contribution in [0, 0.1) is 11.5 Å². The lowest BCUT2D eigenvalue weighted by molar-refractivity contribution is -0.274. The van der Waals surface area contributed by atoms with Crippen molar-refractivity contribution in [2.75, 3.05) is 25.1 Å². The Hall–Kier alpha value is -3.25. The second-order valence-electron chi connectivity index (χ2n) is 11.5. The van der Waals surface area contributed by atoms with Gasteiger partial charge in [0.1, 0.15) is 37.9 Å². The van der Waals surface area contributed by atoms with Crippen molar-refractivity contribution in [2.45, 2.75) is 83.2 Å². The Labute approximate surface area is 257 Å². The molecular formula is C29H35F6N3O4SSi. The number of nitrogens with zero attached hydrogens (tertiary/aromatic N) is 3. The molecule has 1 atom stereocenters. The summed E-state index contributed by atoms with van der Waals surface area (Å²) < 4.78 is 87.8. The normalized spacial score (nSPS) is 16.0. The molecule has 0 aliphatic carbocycles. The molecule has 0 spiro atoms. The fourth-order valence-electron chi connectivity index (χ4n) is 5.93. The van der Waals surface area contributed by atoms with Crippen molar-refractivity contribution in [2.24, 2.45) is 0 Å². The van der Waals surface area contributed by atoms with E-state index in [4.69, 9.17) is 4.74 Å². The zero-order valence-corrected chi connectivity index (χ0v) is 27.2. The zero-order chi connectivity index (χ0) is 33.2. The maximum atomic E-state index is 13.9. The van der Waals surface area contributed by atoms with Crippen LogP contribution in [-0.2, 0) is 4.79 Å². The van der Waals surface area contributed by atoms with Gasteiger partial charge in [-0.25, -0.2) is 4.98 Å². The largest absolute Gasteiger partial charge is 0.573 e. The smallest absolute Gasteiger partial charge is 0.497 e. The minimum absolute atomic E-state index is 0.140. The molecule has 0 saturated carbocycles. The molecule has 44 heavy (non-hydrogen) atoms. The summed E-state index contributed by atoms with van der Waals surface area (Å²) >= 11 is 1.08. The predicted molar refractivity (Wildman–Crippen MR) is 158 cm³/mol. The molecule has 2 amide bonds. The van der Waals surface area contributed by atoms with Gasteiger partial charge in [0.15, 0.2) is 5.01 Å². The van der Waals surface area contributed by atoms with Gasteiger partial charge in [-0.2, -0.15) is 13.2 Å². The number of likely N-dealkylation sites (tertiary alicyclic amines) is 1. The van der Waals surface area contributed by atoms with Crippen LogP contribution in [-0.4, -0.2) is 68.6 Å². The third kappa shape index (κ3) is 8.06. The first-order chi connectivity index (χ1) is 20.3. The molecule has 0 unspecified atom stereocenters. The number of alkyl halides is 6. The number of hydrogen-bond donors (Lipinski definition) is 0. The van der Waals surface area contributed by atoms with Crippen LogP contribution in [0.3, 0.4) is 0 Å². The van der Waals surface area contributed by atoms with E-state index < -0.39 is 50.8 Å². The first-order valence-corrected chi connectivity index (χ1v) is 17.0. The summed E-state index contributed by atoms with van der Waals surface area (Å²) in [6.45, 7) is 11.0. The third-order valence-corrected chi connectivity index (χ3v) is 14.8. The monoisotopic (exact) mass is 663 g/mol. The van der Waals surface area contributed by atoms with Crippen molar-refractivity contribution < 1.29 is 45.4 Å². The van der Waals surface area contributed by atoms with Crippen molar-refractivity contribution >= 4 is 36.9 Å². The average Bonchev–Trinajstić information content (AvgIpc) is 3.49. The van der Waals surface area contributed by atoms with Crippen molar-refractivity contribution in [1.82, 2.24) is 9.88 Å². The predicted octanol–water partition coefficient (Wildman–Crippen LogP) is 7.43. The highest BCUT2D eigenvalue weighted by Crippen LogP contribution is 2.41. The number of ether oxygens (including phenoxy) is 2. The number of hydrogen-bond acceptors (Lipinski definition) is 6. The van der Waals surface area contributed by atoms with Gasteiger partial charge in [-0.1, -0.05) is 41.5 Å². The number of rotatable bonds is 9. The van der Waals surface area contributed by atoms with E-state index in [-0.39, 0.29) is 30.1 Å². The Kier molecular flexibility index (Phi) is 10.7. The van der Waals surface area contributed by atoms with Gasteiger partial charge in [-0.15, -0.1) is 30.1 Å². The van der Waals surface area contributed by atoms with Crippen LogP contribution in [0.1, 0.15) is 63.5 Å². The van der Waals surface area contributed by atoms with E-state index in [1.807, 2.05) is 0 Å². The van der Waals surface area contributed by atoms with Gasteiger partial charge in [0.25, 0.3) is 5.91 Å². The van der Waals surface area contributed by atoms with Gasteiger partial charge in [-0.3, -0.25) is 14.5 Å². The number of carbonyl (C=O) groups excluding carboxylic acids is 2. The summed E-state index contributed by atoms with van der Waals surface area (Å²) in [6.07, 6.45) is -9.98. The molecule has 1 aromatic carbocycles. The Morgan fingerprint density at radius 1 is 1.07 bits per heavy atom. The molecule has 7 nitrogen and oxygen atoms in total. The van der Waals surface area contributed by atoms with Gasteiger partial charge in [0.2, 0.25) is 5.91 Å². The summed E-state index contributed by atoms with van der Waals surface area (Å²) in [7, 11) is -0.973. The maximum absolute atomic E-state index is 13.9. The summed E-state index contributed by atoms with van der Waals surface area (Å²) in [6, 6.07) is 1.54. The van der Waals surface area contributed by atoms with E-state index >= 15 is 0 Å². The Morgan fingerprint density at radius 3 is 2.18 bits per heavy atom. The summed E-state index contributed by atoms with van der Waals surface area (Å²) in [4.78, 5) is 32.9. The van der Waals surface area contributed by atoms with Crippen molar-refractivity contribution in [3.63, 3.8) is 0 Å². The fraction of sp³-hybridized carbons (Fsp3) is 0.552. The highest BCUT2D eigenvalue weighted by atomic mass is 32.1. The van der Waals surface area contributed by atoms with Crippen LogP contribution in [0.25, 0.3) is 0 Å². The van der Waals surface area contributed by atoms with E-state index in [2.05, 4.69) is 62.7 Å². The third-order valence-electron chi connectivity index (χ3n) is 7.76. The number of methoxy groups -OCH3 is 1. The molecule has 2 aromatic rings. The van der Waals surface area contributed by atoms with E-state index in [9.17, 15) is 35.9 Å². The van der Waals surface area contributed by atoms with Crippen molar-refractivity contribution in [3.8, 4) is 23.0 Å². The molecule has 0 radical (unpaired) electrons. The maximum Gasteiger partial charge on any atom is 0.573 e. The van der Waals surface area contributed by atoms with Crippen LogP contribution in [0.2, 0.25) is 16.6 Å². The van der Waals surface area contributed by atoms with Crippen LogP contribution in [0.15, 0.2) is 23.6 Å². The Bertz CT molecular complexity index is 1390. The molecule has 3 rings (SSSR count). The van der Waals surface area contributed by atoms with E-state index in [0.717, 1.165) is 28.4 Å². The molecule has 1 aliphatic rings. The van der Waals surface area contributed by atoms with Gasteiger partial charge in [0, 0.05) is 30.1 Å². The quantitative estimate of drug-likeness (QED) is 0.159. The first-order valence-electron chi connectivity index (χ1n) is 13.9. The molecule has 1 saturated heterocycles. The van der Waals surface area contributed by atoms with Gasteiger partial charge >= 0.3 is 12.5 Å². The van der Waals surface area contributed by atoms with Gasteiger partial charge in [-0.05, 0) is 29.0 Å². The van der Waals surface area contributed by atoms with E-state index in [0.29, 0.717) is 26.5 Å². The van der Waals surface area contributed by atoms with Crippen LogP contribution >= 0.6 is 11.3 Å². The van der Waals surface area contributed by atoms with Crippen LogP contribution < -0.4 is 14.4 Å². The molecule has 15 heteroatoms. The van der Waals surface area contributed by atoms with Gasteiger partial charge < -0.3 is 14.4 Å². The molecule has 242 valence electrons. The number of amides is 2. The van der Waals surface area contributed by atoms with Gasteiger partial charge in [0.05, 0.1) is 12.8 Å². The Balaban J connectivity index is 2.10. The minimum Gasteiger partial charge on any atom is -0.497 e. The molecule has 1 aliphatic heterocycles. The highest BCUT2D eigenvalue weighted by molar-refractivity contribution is 7.10. The van der Waals surface area contributed by atoms with E-state index in [1.165, 1.54) is 18.6 Å². The standard InChI is InChI=1S/C29H35F6N3O4SSi/c1-17(2)44(18(3)4,19(5)6)11-9-25-36-23(15-43-25)26(39)38(24-8-10-37(27(24)40)16-28(30,31)32)20-12-21(41-7)14-22(13-20)42-29(33,34)35/h12-15,17-19,24H,8,10,16H2,1-7H3/t24-/m1/s1. The summed E-state index contributed by atoms with van der Waals surface area (Å²) in [5.41, 5.74) is 4.10. The molecule has 0 N–H and O–H groups in total. The lowest BCUT2D eigenvalue weighted by Gasteiger charge is -2.37. The number of aromatic nitrogens is 1. The summed E-state index contributed by atoms with van der Waals surface area (Å²) in [5, 5.41) is 1.73. The number of anilines is 1. The summed E-state index contributed by atoms with van der Waals surface area (Å²) in [5.74, 6) is 0.344. The van der Waals surface area contributed by atoms with Crippen molar-refractivity contribution in [3.05, 3.63) is 34.3 Å². The second kappa shape index (κ2) is 13.4. The second-order valence-corrected chi connectivity index (χ2v) is 17.9. The first kappa shape index (κ1) is 35.2. The highest BCUT2D eigenvalue weighted by Gasteiger charge is 2.45. The average molecular weight is 664 g/mol.